The molecule has 2 fully saturated rings. The molecule has 0 N–H and O–H groups in total. The molecule has 0 saturated carbocycles. The second-order valence-electron chi connectivity index (χ2n) is 10.9. The first-order valence-electron chi connectivity index (χ1n) is 12.5. The average Bonchev–Trinajstić information content (AvgIpc) is 3.24. The Morgan fingerprint density at radius 1 is 1.11 bits per heavy atom. The van der Waals surface area contributed by atoms with Gasteiger partial charge in [-0.2, -0.15) is 0 Å². The van der Waals surface area contributed by atoms with Gasteiger partial charge in [0, 0.05) is 12.6 Å². The molecule has 35 heavy (non-hydrogen) atoms. The number of nitrogens with zero attached hydrogens (tertiary/aromatic N) is 2. The van der Waals surface area contributed by atoms with Gasteiger partial charge >= 0.3 is 19.2 Å². The van der Waals surface area contributed by atoms with Crippen LogP contribution in [0.2, 0.25) is 6.32 Å². The lowest BCUT2D eigenvalue weighted by atomic mass is 9.80. The highest BCUT2D eigenvalue weighted by atomic mass is 16.7. The molecular formula is C26H41BN2O6. The second kappa shape index (κ2) is 11.3. The lowest BCUT2D eigenvalue weighted by Gasteiger charge is -2.32. The molecule has 0 aromatic heterocycles. The summed E-state index contributed by atoms with van der Waals surface area (Å²) in [5.41, 5.74) is 0.170. The van der Waals surface area contributed by atoms with Crippen molar-refractivity contribution in [2.45, 2.75) is 83.2 Å². The smallest absolute Gasteiger partial charge is 0.457 e. The van der Waals surface area contributed by atoms with E-state index < -0.39 is 18.1 Å². The van der Waals surface area contributed by atoms with Crippen LogP contribution < -0.4 is 0 Å². The number of carbonyl (C=O) groups excluding carboxylic acids is 2. The van der Waals surface area contributed by atoms with E-state index in [0.717, 1.165) is 24.7 Å². The summed E-state index contributed by atoms with van der Waals surface area (Å²) in [5, 5.41) is 0. The molecule has 9 heteroatoms. The van der Waals surface area contributed by atoms with Crippen LogP contribution in [-0.2, 0) is 30.2 Å². The Balaban J connectivity index is 1.68. The zero-order chi connectivity index (χ0) is 25.8. The maximum Gasteiger partial charge on any atom is 0.457 e. The molecule has 0 radical (unpaired) electrons. The van der Waals surface area contributed by atoms with Gasteiger partial charge in [-0.1, -0.05) is 36.8 Å². The van der Waals surface area contributed by atoms with E-state index >= 15 is 0 Å². The summed E-state index contributed by atoms with van der Waals surface area (Å²) < 4.78 is 23.0. The third-order valence-corrected chi connectivity index (χ3v) is 7.47. The molecule has 2 heterocycles. The fourth-order valence-electron chi connectivity index (χ4n) is 5.02. The van der Waals surface area contributed by atoms with Gasteiger partial charge < -0.3 is 23.7 Å². The molecular weight excluding hydrogens is 447 g/mol. The summed E-state index contributed by atoms with van der Waals surface area (Å²) in [6, 6.07) is 8.73. The highest BCUT2D eigenvalue weighted by Gasteiger charge is 2.51. The summed E-state index contributed by atoms with van der Waals surface area (Å²) in [6.07, 6.45) is 2.53. The highest BCUT2D eigenvalue weighted by Crippen LogP contribution is 2.40. The lowest BCUT2D eigenvalue weighted by Crippen LogP contribution is -2.49. The van der Waals surface area contributed by atoms with Crippen LogP contribution in [-0.4, -0.2) is 80.0 Å². The summed E-state index contributed by atoms with van der Waals surface area (Å²) in [6.45, 7) is 8.97. The fourth-order valence-corrected chi connectivity index (χ4v) is 5.02. The van der Waals surface area contributed by atoms with Gasteiger partial charge in [0.1, 0.15) is 12.6 Å². The molecule has 1 aromatic rings. The van der Waals surface area contributed by atoms with Gasteiger partial charge in [-0.3, -0.25) is 4.90 Å². The van der Waals surface area contributed by atoms with Crippen LogP contribution in [0.3, 0.4) is 0 Å². The number of methoxy groups -OCH3 is 1. The summed E-state index contributed by atoms with van der Waals surface area (Å²) in [7, 11) is 5.03. The van der Waals surface area contributed by atoms with Crippen molar-refractivity contribution in [3.63, 3.8) is 0 Å². The molecule has 0 spiro atoms. The number of rotatable bonds is 9. The number of benzene rings is 1. The number of likely N-dealkylation sites (N-methyl/N-ethyl adjacent to an activating group) is 1. The van der Waals surface area contributed by atoms with Crippen LogP contribution in [0.4, 0.5) is 4.79 Å². The third kappa shape index (κ3) is 6.57. The fraction of sp³-hybridized carbons (Fsp3) is 0.692. The third-order valence-electron chi connectivity index (χ3n) is 7.47. The molecule has 2 aliphatic rings. The number of esters is 1. The van der Waals surface area contributed by atoms with Crippen molar-refractivity contribution in [3.05, 3.63) is 35.9 Å². The Kier molecular flexibility index (Phi) is 8.88. The van der Waals surface area contributed by atoms with E-state index in [1.54, 1.807) is 4.90 Å². The van der Waals surface area contributed by atoms with Gasteiger partial charge in [0.25, 0.3) is 0 Å². The largest absolute Gasteiger partial charge is 0.467 e. The van der Waals surface area contributed by atoms with Crippen molar-refractivity contribution in [1.29, 1.82) is 0 Å². The van der Waals surface area contributed by atoms with Crippen molar-refractivity contribution in [2.24, 2.45) is 5.92 Å². The summed E-state index contributed by atoms with van der Waals surface area (Å²) in [4.78, 5) is 29.8. The Labute approximate surface area is 210 Å². The van der Waals surface area contributed by atoms with E-state index in [2.05, 4.69) is 0 Å². The lowest BCUT2D eigenvalue weighted by molar-refractivity contribution is -0.147. The van der Waals surface area contributed by atoms with Crippen molar-refractivity contribution in [1.82, 2.24) is 9.80 Å². The second-order valence-corrected chi connectivity index (χ2v) is 10.9. The van der Waals surface area contributed by atoms with E-state index in [0.29, 0.717) is 13.0 Å². The number of ether oxygens (including phenoxy) is 2. The van der Waals surface area contributed by atoms with Gasteiger partial charge in [0.15, 0.2) is 0 Å². The van der Waals surface area contributed by atoms with Gasteiger partial charge in [-0.05, 0) is 72.4 Å². The number of amides is 1. The maximum atomic E-state index is 13.3. The highest BCUT2D eigenvalue weighted by molar-refractivity contribution is 6.45. The number of hydrogen-bond donors (Lipinski definition) is 0. The molecule has 1 unspecified atom stereocenters. The SMILES string of the molecule is COC(=O)[C@@H]1[C@H](CCCB2OC(C)(C)C(C)(C)O2)CC(CN(C)C)N1C(=O)OCc1ccccc1. The molecule has 3 rings (SSSR count). The molecule has 2 aliphatic heterocycles. The Bertz CT molecular complexity index is 847. The minimum absolute atomic E-state index is 0.0286. The minimum atomic E-state index is -0.675. The van der Waals surface area contributed by atoms with Gasteiger partial charge in [-0.25, -0.2) is 9.59 Å². The molecule has 0 bridgehead atoms. The Hall–Kier alpha value is -2.10. The van der Waals surface area contributed by atoms with Crippen LogP contribution in [0.15, 0.2) is 30.3 Å². The van der Waals surface area contributed by atoms with Crippen LogP contribution in [0.5, 0.6) is 0 Å². The maximum absolute atomic E-state index is 13.3. The Morgan fingerprint density at radius 2 is 1.74 bits per heavy atom. The first kappa shape index (κ1) is 27.5. The van der Waals surface area contributed by atoms with Crippen LogP contribution in [0.1, 0.15) is 52.5 Å². The molecule has 0 aliphatic carbocycles. The van der Waals surface area contributed by atoms with Gasteiger partial charge in [0.2, 0.25) is 0 Å². The Morgan fingerprint density at radius 3 is 2.31 bits per heavy atom. The normalized spacial score (nSPS) is 25.2. The first-order valence-corrected chi connectivity index (χ1v) is 12.5. The predicted octanol–water partition coefficient (Wildman–Crippen LogP) is 3.99. The summed E-state index contributed by atoms with van der Waals surface area (Å²) >= 11 is 0. The standard InChI is InChI=1S/C26H41BN2O6/c1-25(2)26(3,4)35-27(34-25)15-11-14-20-16-21(17-28(5)6)29(22(20)23(30)32-7)24(31)33-18-19-12-9-8-10-13-19/h8-10,12-13,20-22H,11,14-18H2,1-7H3/t20-,21?,22+/m1/s1. The van der Waals surface area contributed by atoms with Crippen LogP contribution in [0.25, 0.3) is 0 Å². The predicted molar refractivity (Wildman–Crippen MR) is 135 cm³/mol. The first-order chi connectivity index (χ1) is 16.4. The average molecular weight is 488 g/mol. The summed E-state index contributed by atoms with van der Waals surface area (Å²) in [5.74, 6) is -0.428. The number of carbonyl (C=O) groups is 2. The van der Waals surface area contributed by atoms with E-state index in [4.69, 9.17) is 18.8 Å². The van der Waals surface area contributed by atoms with E-state index in [1.165, 1.54) is 7.11 Å². The van der Waals surface area contributed by atoms with Crippen molar-refractivity contribution < 1.29 is 28.4 Å². The molecule has 8 nitrogen and oxygen atoms in total. The van der Waals surface area contributed by atoms with Crippen molar-refractivity contribution in [3.8, 4) is 0 Å². The zero-order valence-corrected chi connectivity index (χ0v) is 22.3. The number of hydrogen-bond acceptors (Lipinski definition) is 7. The van der Waals surface area contributed by atoms with Crippen molar-refractivity contribution >= 4 is 19.2 Å². The molecule has 1 amide bonds. The van der Waals surface area contributed by atoms with Gasteiger partial charge in [0.05, 0.1) is 18.3 Å². The van der Waals surface area contributed by atoms with E-state index in [1.807, 2.05) is 77.0 Å². The minimum Gasteiger partial charge on any atom is -0.467 e. The van der Waals surface area contributed by atoms with E-state index in [-0.39, 0.29) is 36.9 Å². The number of likely N-dealkylation sites (tertiary alicyclic amines) is 1. The van der Waals surface area contributed by atoms with Gasteiger partial charge in [-0.15, -0.1) is 0 Å². The zero-order valence-electron chi connectivity index (χ0n) is 22.3. The molecule has 194 valence electrons. The van der Waals surface area contributed by atoms with E-state index in [9.17, 15) is 9.59 Å². The monoisotopic (exact) mass is 488 g/mol. The van der Waals surface area contributed by atoms with Crippen LogP contribution >= 0.6 is 0 Å². The molecule has 3 atom stereocenters. The quantitative estimate of drug-likeness (QED) is 0.384. The molecule has 1 aromatic carbocycles. The van der Waals surface area contributed by atoms with Crippen molar-refractivity contribution in [2.75, 3.05) is 27.7 Å². The topological polar surface area (TPSA) is 77.5 Å². The molecule has 2 saturated heterocycles. The van der Waals surface area contributed by atoms with Crippen LogP contribution in [0, 0.1) is 5.92 Å².